The summed E-state index contributed by atoms with van der Waals surface area (Å²) in [4.78, 5) is 0. The molecular formula is C9H21NO2Si. The Labute approximate surface area is 83.4 Å². The van der Waals surface area contributed by atoms with Crippen molar-refractivity contribution < 1.29 is 8.85 Å². The summed E-state index contributed by atoms with van der Waals surface area (Å²) in [6.45, 7) is 7.46. The molecule has 0 aliphatic rings. The zero-order valence-electron chi connectivity index (χ0n) is 8.88. The molecule has 0 bridgehead atoms. The third-order valence-corrected chi connectivity index (χ3v) is 2.68. The molecular weight excluding hydrogens is 182 g/mol. The molecule has 0 aromatic carbocycles. The van der Waals surface area contributed by atoms with Crippen molar-refractivity contribution in [1.29, 1.82) is 0 Å². The fourth-order valence-corrected chi connectivity index (χ4v) is 1.29. The third kappa shape index (κ3) is 11.8. The van der Waals surface area contributed by atoms with Crippen LogP contribution in [0.4, 0.5) is 0 Å². The molecule has 0 atom stereocenters. The molecule has 4 heteroatoms. The SMILES string of the molecule is CC(C)(C)O[SiH2]OCC=CCCN. The van der Waals surface area contributed by atoms with Gasteiger partial charge in [0.15, 0.2) is 0 Å². The van der Waals surface area contributed by atoms with E-state index in [0.29, 0.717) is 13.2 Å². The van der Waals surface area contributed by atoms with E-state index in [1.54, 1.807) is 0 Å². The van der Waals surface area contributed by atoms with Gasteiger partial charge in [0.2, 0.25) is 0 Å². The second-order valence-corrected chi connectivity index (χ2v) is 4.73. The van der Waals surface area contributed by atoms with Crippen molar-refractivity contribution >= 4 is 10.0 Å². The van der Waals surface area contributed by atoms with Crippen molar-refractivity contribution in [2.24, 2.45) is 5.73 Å². The molecule has 0 aliphatic heterocycles. The highest BCUT2D eigenvalue weighted by molar-refractivity contribution is 6.18. The first-order valence-electron chi connectivity index (χ1n) is 4.63. The van der Waals surface area contributed by atoms with E-state index in [0.717, 1.165) is 6.42 Å². The minimum atomic E-state index is -0.810. The first-order chi connectivity index (χ1) is 6.06. The molecule has 0 saturated carbocycles. The van der Waals surface area contributed by atoms with E-state index in [4.69, 9.17) is 14.6 Å². The highest BCUT2D eigenvalue weighted by Gasteiger charge is 2.08. The van der Waals surface area contributed by atoms with Crippen molar-refractivity contribution in [3.8, 4) is 0 Å². The Hall–Kier alpha value is -0.163. The number of rotatable bonds is 6. The van der Waals surface area contributed by atoms with Crippen molar-refractivity contribution in [2.45, 2.75) is 32.8 Å². The molecule has 0 aromatic rings. The van der Waals surface area contributed by atoms with E-state index in [2.05, 4.69) is 0 Å². The summed E-state index contributed by atoms with van der Waals surface area (Å²) in [5.74, 6) is 0. The van der Waals surface area contributed by atoms with Crippen LogP contribution in [-0.2, 0) is 8.85 Å². The molecule has 13 heavy (non-hydrogen) atoms. The molecule has 0 amide bonds. The summed E-state index contributed by atoms with van der Waals surface area (Å²) in [5, 5.41) is 0. The monoisotopic (exact) mass is 203 g/mol. The molecule has 0 fully saturated rings. The Balaban J connectivity index is 3.17. The predicted molar refractivity (Wildman–Crippen MR) is 58.1 cm³/mol. The summed E-state index contributed by atoms with van der Waals surface area (Å²) in [5.41, 5.74) is 5.26. The Kier molecular flexibility index (Phi) is 7.17. The van der Waals surface area contributed by atoms with Gasteiger partial charge in [0.25, 0.3) is 0 Å². The van der Waals surface area contributed by atoms with E-state index in [1.165, 1.54) is 0 Å². The van der Waals surface area contributed by atoms with Crippen LogP contribution in [0.2, 0.25) is 0 Å². The molecule has 0 radical (unpaired) electrons. The topological polar surface area (TPSA) is 44.5 Å². The molecule has 2 N–H and O–H groups in total. The summed E-state index contributed by atoms with van der Waals surface area (Å²) < 4.78 is 10.8. The Morgan fingerprint density at radius 2 is 2.00 bits per heavy atom. The lowest BCUT2D eigenvalue weighted by atomic mass is 10.2. The first-order valence-corrected chi connectivity index (χ1v) is 5.78. The third-order valence-electron chi connectivity index (χ3n) is 1.29. The smallest absolute Gasteiger partial charge is 0.305 e. The molecule has 0 aliphatic carbocycles. The minimum Gasteiger partial charge on any atom is -0.395 e. The zero-order chi connectivity index (χ0) is 10.2. The van der Waals surface area contributed by atoms with Crippen LogP contribution in [0.5, 0.6) is 0 Å². The highest BCUT2D eigenvalue weighted by atomic mass is 28.3. The fraction of sp³-hybridized carbons (Fsp3) is 0.778. The highest BCUT2D eigenvalue weighted by Crippen LogP contribution is 2.04. The van der Waals surface area contributed by atoms with Crippen LogP contribution in [0, 0.1) is 0 Å². The van der Waals surface area contributed by atoms with Crippen molar-refractivity contribution in [1.82, 2.24) is 0 Å². The second-order valence-electron chi connectivity index (χ2n) is 3.79. The normalized spacial score (nSPS) is 13.5. The number of hydrogen-bond donors (Lipinski definition) is 1. The van der Waals surface area contributed by atoms with E-state index < -0.39 is 10.0 Å². The van der Waals surface area contributed by atoms with Crippen LogP contribution in [-0.4, -0.2) is 28.8 Å². The predicted octanol–water partition coefficient (Wildman–Crippen LogP) is 0.722. The molecule has 3 nitrogen and oxygen atoms in total. The van der Waals surface area contributed by atoms with Crippen LogP contribution >= 0.6 is 0 Å². The van der Waals surface area contributed by atoms with Crippen molar-refractivity contribution in [3.05, 3.63) is 12.2 Å². The molecule has 0 aromatic heterocycles. The summed E-state index contributed by atoms with van der Waals surface area (Å²) in [6.07, 6.45) is 4.95. The van der Waals surface area contributed by atoms with Crippen LogP contribution in [0.15, 0.2) is 12.2 Å². The minimum absolute atomic E-state index is 0.0623. The second kappa shape index (κ2) is 7.26. The standard InChI is InChI=1S/C9H21NO2Si/c1-9(2,3)12-13-11-8-6-4-5-7-10/h4,6H,5,7-8,10,13H2,1-3H3. The zero-order valence-corrected chi connectivity index (χ0v) is 10.3. The Morgan fingerprint density at radius 1 is 1.31 bits per heavy atom. The maximum absolute atomic E-state index is 5.49. The molecule has 78 valence electrons. The van der Waals surface area contributed by atoms with Gasteiger partial charge >= 0.3 is 10.0 Å². The van der Waals surface area contributed by atoms with E-state index in [1.807, 2.05) is 32.9 Å². The van der Waals surface area contributed by atoms with Crippen LogP contribution in [0.1, 0.15) is 27.2 Å². The lowest BCUT2D eigenvalue weighted by Crippen LogP contribution is -2.23. The summed E-state index contributed by atoms with van der Waals surface area (Å²) in [7, 11) is -0.810. The molecule has 0 heterocycles. The molecule has 0 spiro atoms. The average molecular weight is 203 g/mol. The van der Waals surface area contributed by atoms with Gasteiger partial charge in [0.1, 0.15) is 0 Å². The van der Waals surface area contributed by atoms with Crippen molar-refractivity contribution in [3.63, 3.8) is 0 Å². The van der Waals surface area contributed by atoms with E-state index in [-0.39, 0.29) is 5.60 Å². The average Bonchev–Trinajstić information content (AvgIpc) is 2.01. The van der Waals surface area contributed by atoms with Crippen LogP contribution in [0.3, 0.4) is 0 Å². The Bertz CT molecular complexity index is 143. The van der Waals surface area contributed by atoms with Gasteiger partial charge in [-0.25, -0.2) is 0 Å². The first kappa shape index (κ1) is 12.8. The number of nitrogens with two attached hydrogens (primary N) is 1. The van der Waals surface area contributed by atoms with Gasteiger partial charge in [0.05, 0.1) is 6.61 Å². The van der Waals surface area contributed by atoms with Crippen LogP contribution in [0.25, 0.3) is 0 Å². The quantitative estimate of drug-likeness (QED) is 0.393. The van der Waals surface area contributed by atoms with E-state index in [9.17, 15) is 0 Å². The van der Waals surface area contributed by atoms with Gasteiger partial charge in [-0.1, -0.05) is 12.2 Å². The van der Waals surface area contributed by atoms with Gasteiger partial charge in [-0.3, -0.25) is 0 Å². The van der Waals surface area contributed by atoms with Gasteiger partial charge in [-0.15, -0.1) is 0 Å². The maximum atomic E-state index is 5.49. The molecule has 0 rings (SSSR count). The largest absolute Gasteiger partial charge is 0.395 e. The molecule has 0 saturated heterocycles. The van der Waals surface area contributed by atoms with Gasteiger partial charge in [-0.2, -0.15) is 0 Å². The van der Waals surface area contributed by atoms with Gasteiger partial charge in [-0.05, 0) is 33.7 Å². The number of hydrogen-bond acceptors (Lipinski definition) is 3. The lowest BCUT2D eigenvalue weighted by molar-refractivity contribution is 0.103. The fourth-order valence-electron chi connectivity index (χ4n) is 0.617. The maximum Gasteiger partial charge on any atom is 0.305 e. The summed E-state index contributed by atoms with van der Waals surface area (Å²) >= 11 is 0. The van der Waals surface area contributed by atoms with Crippen molar-refractivity contribution in [2.75, 3.05) is 13.2 Å². The van der Waals surface area contributed by atoms with Gasteiger partial charge in [0, 0.05) is 5.60 Å². The van der Waals surface area contributed by atoms with Crippen LogP contribution < -0.4 is 5.73 Å². The Morgan fingerprint density at radius 3 is 2.54 bits per heavy atom. The summed E-state index contributed by atoms with van der Waals surface area (Å²) in [6, 6.07) is 0. The lowest BCUT2D eigenvalue weighted by Gasteiger charge is -2.19. The van der Waals surface area contributed by atoms with E-state index >= 15 is 0 Å². The molecule has 0 unspecified atom stereocenters. The van der Waals surface area contributed by atoms with Gasteiger partial charge < -0.3 is 14.6 Å².